The number of rotatable bonds is 3. The van der Waals surface area contributed by atoms with Gasteiger partial charge in [-0.05, 0) is 37.1 Å². The molecular weight excluding hydrogens is 394 g/mol. The number of carbonyl (C=O) groups excluding carboxylic acids is 1. The van der Waals surface area contributed by atoms with E-state index in [2.05, 4.69) is 32.4 Å². The van der Waals surface area contributed by atoms with Crippen LogP contribution in [0.4, 0.5) is 5.82 Å². The highest BCUT2D eigenvalue weighted by atomic mass is 79.9. The van der Waals surface area contributed by atoms with Gasteiger partial charge in [0.15, 0.2) is 0 Å². The number of nitrogens with one attached hydrogen (secondary N) is 1. The van der Waals surface area contributed by atoms with Crippen LogP contribution < -0.4 is 10.3 Å². The molecule has 132 valence electrons. The number of carbonyl (C=O) groups is 1. The van der Waals surface area contributed by atoms with Crippen LogP contribution in [-0.2, 0) is 4.79 Å². The molecule has 4 rings (SSSR count). The number of pyridine rings is 1. The van der Waals surface area contributed by atoms with Crippen LogP contribution in [-0.4, -0.2) is 28.5 Å². The lowest BCUT2D eigenvalue weighted by atomic mass is 10.1. The normalized spacial score (nSPS) is 19.4. The fraction of sp³-hybridized carbons (Fsp3) is 0.316. The van der Waals surface area contributed by atoms with E-state index in [1.807, 2.05) is 23.4 Å². The minimum absolute atomic E-state index is 0.0512. The third-order valence-corrected chi connectivity index (χ3v) is 5.60. The zero-order chi connectivity index (χ0) is 18.1. The van der Waals surface area contributed by atoms with Crippen LogP contribution >= 0.6 is 15.9 Å². The lowest BCUT2D eigenvalue weighted by Crippen LogP contribution is -2.41. The molecule has 3 aliphatic rings. The number of allylic oxidation sites excluding steroid dienone is 1. The standard InChI is InChI=1S/C19H18BrN5O/c20-16-12-23-24-8-7-14(9-17(16)24)19(26)25(15-3-1-2-4-15)18-6-5-13(10-21)11-22-18/h5-9,11,15,23H,1-4,12H2. The van der Waals surface area contributed by atoms with E-state index < -0.39 is 0 Å². The Balaban J connectivity index is 1.68. The molecular formula is C19H18BrN5O. The number of nitriles is 1. The van der Waals surface area contributed by atoms with Crippen molar-refractivity contribution in [1.82, 2.24) is 15.4 Å². The number of anilines is 1. The third kappa shape index (κ3) is 3.06. The maximum atomic E-state index is 13.4. The fourth-order valence-electron chi connectivity index (χ4n) is 3.58. The molecule has 0 saturated heterocycles. The number of fused-ring (bicyclic) bond motifs is 1. The van der Waals surface area contributed by atoms with Gasteiger partial charge in [0.05, 0.1) is 11.3 Å². The smallest absolute Gasteiger partial charge is 0.259 e. The quantitative estimate of drug-likeness (QED) is 0.826. The molecule has 6 nitrogen and oxygen atoms in total. The van der Waals surface area contributed by atoms with Gasteiger partial charge in [-0.3, -0.25) is 14.7 Å². The second-order valence-corrected chi connectivity index (χ2v) is 7.50. The largest absolute Gasteiger partial charge is 0.290 e. The van der Waals surface area contributed by atoms with Crippen LogP contribution in [0, 0.1) is 11.3 Å². The van der Waals surface area contributed by atoms with Gasteiger partial charge < -0.3 is 0 Å². The SMILES string of the molecule is N#Cc1ccc(N(C(=O)C2=CC3=C(Br)CNN3C=C2)C2CCCC2)nc1. The molecule has 1 N–H and O–H groups in total. The van der Waals surface area contributed by atoms with Crippen molar-refractivity contribution < 1.29 is 4.79 Å². The van der Waals surface area contributed by atoms with E-state index in [9.17, 15) is 4.79 Å². The van der Waals surface area contributed by atoms with Gasteiger partial charge in [0.25, 0.3) is 5.91 Å². The Kier molecular flexibility index (Phi) is 4.62. The first-order chi connectivity index (χ1) is 12.7. The molecule has 0 bridgehead atoms. The van der Waals surface area contributed by atoms with Gasteiger partial charge >= 0.3 is 0 Å². The molecule has 1 amide bonds. The number of hydrogen-bond donors (Lipinski definition) is 1. The number of aromatic nitrogens is 1. The van der Waals surface area contributed by atoms with Crippen molar-refractivity contribution in [1.29, 1.82) is 5.26 Å². The van der Waals surface area contributed by atoms with E-state index in [4.69, 9.17) is 5.26 Å². The molecule has 0 atom stereocenters. The van der Waals surface area contributed by atoms with Gasteiger partial charge in [-0.2, -0.15) is 5.26 Å². The first-order valence-corrected chi connectivity index (χ1v) is 9.47. The highest BCUT2D eigenvalue weighted by molar-refractivity contribution is 9.11. The molecule has 0 unspecified atom stereocenters. The van der Waals surface area contributed by atoms with Crippen LogP contribution in [0.2, 0.25) is 0 Å². The molecule has 3 heterocycles. The summed E-state index contributed by atoms with van der Waals surface area (Å²) in [7, 11) is 0. The molecule has 1 aromatic rings. The molecule has 1 saturated carbocycles. The highest BCUT2D eigenvalue weighted by Gasteiger charge is 2.32. The summed E-state index contributed by atoms with van der Waals surface area (Å²) in [5, 5.41) is 10.9. The first-order valence-electron chi connectivity index (χ1n) is 8.68. The predicted octanol–water partition coefficient (Wildman–Crippen LogP) is 3.11. The number of nitrogens with zero attached hydrogens (tertiary/aromatic N) is 4. The zero-order valence-corrected chi connectivity index (χ0v) is 15.7. The lowest BCUT2D eigenvalue weighted by molar-refractivity contribution is -0.115. The number of hydrogen-bond acceptors (Lipinski definition) is 5. The average molecular weight is 412 g/mol. The van der Waals surface area contributed by atoms with Gasteiger partial charge in [0, 0.05) is 35.0 Å². The summed E-state index contributed by atoms with van der Waals surface area (Å²) in [4.78, 5) is 19.5. The van der Waals surface area contributed by atoms with Crippen molar-refractivity contribution in [3.05, 3.63) is 58.0 Å². The highest BCUT2D eigenvalue weighted by Crippen LogP contribution is 2.31. The van der Waals surface area contributed by atoms with E-state index >= 15 is 0 Å². The Morgan fingerprint density at radius 3 is 2.88 bits per heavy atom. The maximum Gasteiger partial charge on any atom is 0.259 e. The Bertz CT molecular complexity index is 859. The van der Waals surface area contributed by atoms with Crippen LogP contribution in [0.15, 0.2) is 52.4 Å². The zero-order valence-electron chi connectivity index (χ0n) is 14.2. The predicted molar refractivity (Wildman–Crippen MR) is 102 cm³/mol. The van der Waals surface area contributed by atoms with E-state index in [0.29, 0.717) is 23.5 Å². The van der Waals surface area contributed by atoms with Gasteiger partial charge in [0.2, 0.25) is 0 Å². The van der Waals surface area contributed by atoms with E-state index in [0.717, 1.165) is 35.9 Å². The van der Waals surface area contributed by atoms with Gasteiger partial charge in [-0.25, -0.2) is 10.4 Å². The summed E-state index contributed by atoms with van der Waals surface area (Å²) in [6.07, 6.45) is 11.3. The molecule has 0 aromatic carbocycles. The van der Waals surface area contributed by atoms with Crippen LogP contribution in [0.3, 0.4) is 0 Å². The van der Waals surface area contributed by atoms with E-state index in [-0.39, 0.29) is 11.9 Å². The number of hydrazine groups is 1. The van der Waals surface area contributed by atoms with Crippen LogP contribution in [0.1, 0.15) is 31.2 Å². The Morgan fingerprint density at radius 2 is 2.19 bits per heavy atom. The van der Waals surface area contributed by atoms with Crippen LogP contribution in [0.25, 0.3) is 0 Å². The summed E-state index contributed by atoms with van der Waals surface area (Å²) in [6.45, 7) is 0.709. The van der Waals surface area contributed by atoms with Crippen molar-refractivity contribution in [3.8, 4) is 6.07 Å². The van der Waals surface area contributed by atoms with Crippen molar-refractivity contribution >= 4 is 27.7 Å². The third-order valence-electron chi connectivity index (χ3n) is 4.92. The molecule has 2 aliphatic heterocycles. The summed E-state index contributed by atoms with van der Waals surface area (Å²) in [6, 6.07) is 5.70. The summed E-state index contributed by atoms with van der Waals surface area (Å²) >= 11 is 3.55. The van der Waals surface area contributed by atoms with Gasteiger partial charge in [-0.15, -0.1) is 0 Å². The molecule has 26 heavy (non-hydrogen) atoms. The van der Waals surface area contributed by atoms with Crippen molar-refractivity contribution in [3.63, 3.8) is 0 Å². The summed E-state index contributed by atoms with van der Waals surface area (Å²) < 4.78 is 1.02. The van der Waals surface area contributed by atoms with Crippen molar-refractivity contribution in [2.24, 2.45) is 0 Å². The van der Waals surface area contributed by atoms with Crippen molar-refractivity contribution in [2.75, 3.05) is 11.4 Å². The van der Waals surface area contributed by atoms with Crippen LogP contribution in [0.5, 0.6) is 0 Å². The Labute approximate surface area is 160 Å². The number of halogens is 1. The van der Waals surface area contributed by atoms with E-state index in [1.165, 1.54) is 6.20 Å². The molecule has 0 spiro atoms. The minimum Gasteiger partial charge on any atom is -0.290 e. The molecule has 7 heteroatoms. The second kappa shape index (κ2) is 7.06. The maximum absolute atomic E-state index is 13.4. The Morgan fingerprint density at radius 1 is 1.38 bits per heavy atom. The molecule has 1 fully saturated rings. The van der Waals surface area contributed by atoms with Gasteiger partial charge in [-0.1, -0.05) is 28.8 Å². The topological polar surface area (TPSA) is 72.3 Å². The lowest BCUT2D eigenvalue weighted by Gasteiger charge is -2.30. The monoisotopic (exact) mass is 411 g/mol. The first kappa shape index (κ1) is 17.0. The Hall–Kier alpha value is -2.43. The summed E-state index contributed by atoms with van der Waals surface area (Å²) in [5.41, 5.74) is 5.29. The molecule has 1 aliphatic carbocycles. The average Bonchev–Trinajstić information content (AvgIpc) is 3.33. The van der Waals surface area contributed by atoms with E-state index in [1.54, 1.807) is 17.0 Å². The molecule has 1 aromatic heterocycles. The van der Waals surface area contributed by atoms with Crippen molar-refractivity contribution in [2.45, 2.75) is 31.7 Å². The minimum atomic E-state index is -0.0512. The number of amides is 1. The summed E-state index contributed by atoms with van der Waals surface area (Å²) in [5.74, 6) is 0.555. The second-order valence-electron chi connectivity index (χ2n) is 6.54. The fourth-order valence-corrected chi connectivity index (χ4v) is 4.01. The van der Waals surface area contributed by atoms with Gasteiger partial charge in [0.1, 0.15) is 11.9 Å². The molecule has 0 radical (unpaired) electrons.